The molecule has 1 aliphatic heterocycles. The first-order valence-electron chi connectivity index (χ1n) is 8.66. The lowest BCUT2D eigenvalue weighted by atomic mass is 10.0. The maximum absolute atomic E-state index is 3.93. The molecular formula is C16H34N4. The van der Waals surface area contributed by atoms with E-state index < -0.39 is 0 Å². The maximum Gasteiger partial charge on any atom is 0.128 e. The fraction of sp³-hybridized carbons (Fsp3) is 0.938. The summed E-state index contributed by atoms with van der Waals surface area (Å²) in [7, 11) is 0. The zero-order valence-corrected chi connectivity index (χ0v) is 13.5. The second-order valence-corrected chi connectivity index (χ2v) is 6.05. The van der Waals surface area contributed by atoms with Gasteiger partial charge in [-0.3, -0.25) is 5.01 Å². The van der Waals surface area contributed by atoms with Crippen molar-refractivity contribution in [3.05, 3.63) is 0 Å². The molecule has 1 aliphatic rings. The minimum atomic E-state index is 0.521. The van der Waals surface area contributed by atoms with Crippen LogP contribution in [-0.2, 0) is 0 Å². The van der Waals surface area contributed by atoms with Gasteiger partial charge in [-0.2, -0.15) is 5.10 Å². The van der Waals surface area contributed by atoms with Crippen LogP contribution < -0.4 is 11.1 Å². The van der Waals surface area contributed by atoms with Crippen LogP contribution in [0.5, 0.6) is 0 Å². The van der Waals surface area contributed by atoms with Crippen LogP contribution in [0.4, 0.5) is 0 Å². The predicted molar refractivity (Wildman–Crippen MR) is 87.1 cm³/mol. The molecular weight excluding hydrogens is 248 g/mol. The lowest BCUT2D eigenvalue weighted by Gasteiger charge is -2.21. The van der Waals surface area contributed by atoms with Gasteiger partial charge in [-0.15, -0.1) is 5.53 Å². The van der Waals surface area contributed by atoms with Crippen LogP contribution in [0.1, 0.15) is 90.9 Å². The molecule has 0 saturated heterocycles. The normalized spacial score (nSPS) is 15.6. The van der Waals surface area contributed by atoms with Crippen LogP contribution in [0, 0.1) is 0 Å². The number of nitrogens with zero attached hydrogens (tertiary/aromatic N) is 2. The van der Waals surface area contributed by atoms with Crippen molar-refractivity contribution in [2.45, 2.75) is 96.9 Å². The molecule has 4 nitrogen and oxygen atoms in total. The lowest BCUT2D eigenvalue weighted by Crippen LogP contribution is -2.43. The summed E-state index contributed by atoms with van der Waals surface area (Å²) in [5.74, 6) is 0. The van der Waals surface area contributed by atoms with Crippen molar-refractivity contribution in [3.63, 3.8) is 0 Å². The van der Waals surface area contributed by atoms with E-state index in [1.54, 1.807) is 0 Å². The molecule has 0 amide bonds. The third kappa shape index (κ3) is 8.41. The third-order valence-electron chi connectivity index (χ3n) is 4.13. The average molecular weight is 282 g/mol. The monoisotopic (exact) mass is 282 g/mol. The van der Waals surface area contributed by atoms with Crippen molar-refractivity contribution in [2.75, 3.05) is 0 Å². The molecule has 0 radical (unpaired) electrons. The van der Waals surface area contributed by atoms with Crippen molar-refractivity contribution < 1.29 is 0 Å². The summed E-state index contributed by atoms with van der Waals surface area (Å²) >= 11 is 0. The van der Waals surface area contributed by atoms with Crippen molar-refractivity contribution >= 4 is 6.34 Å². The summed E-state index contributed by atoms with van der Waals surface area (Å²) < 4.78 is 0. The van der Waals surface area contributed by atoms with E-state index in [9.17, 15) is 0 Å². The first-order chi connectivity index (χ1) is 9.84. The van der Waals surface area contributed by atoms with E-state index in [2.05, 4.69) is 30.0 Å². The Balaban J connectivity index is 1.77. The van der Waals surface area contributed by atoms with Gasteiger partial charge in [-0.05, 0) is 13.3 Å². The highest BCUT2D eigenvalue weighted by Crippen LogP contribution is 2.13. The van der Waals surface area contributed by atoms with E-state index in [4.69, 9.17) is 0 Å². The van der Waals surface area contributed by atoms with Gasteiger partial charge in [0.25, 0.3) is 0 Å². The Morgan fingerprint density at radius 1 is 0.900 bits per heavy atom. The molecule has 0 aromatic heterocycles. The molecule has 0 saturated carbocycles. The second-order valence-electron chi connectivity index (χ2n) is 6.05. The Morgan fingerprint density at radius 3 is 1.95 bits per heavy atom. The number of rotatable bonds is 13. The second kappa shape index (κ2) is 12.0. The molecule has 0 fully saturated rings. The van der Waals surface area contributed by atoms with Crippen molar-refractivity contribution in [1.82, 2.24) is 16.1 Å². The summed E-state index contributed by atoms with van der Waals surface area (Å²) in [6.45, 7) is 4.52. The number of hydrazine groups is 2. The highest BCUT2D eigenvalue weighted by atomic mass is 15.8. The lowest BCUT2D eigenvalue weighted by molar-refractivity contribution is 0.225. The molecule has 4 heteroatoms. The SMILES string of the molecule is CCCCCCCCCCCCCC(C)N1C=NNN1. The average Bonchev–Trinajstić information content (AvgIpc) is 2.99. The first kappa shape index (κ1) is 17.3. The molecule has 0 aliphatic carbocycles. The molecule has 1 atom stereocenters. The van der Waals surface area contributed by atoms with Gasteiger partial charge < -0.3 is 0 Å². The van der Waals surface area contributed by atoms with E-state index in [0.29, 0.717) is 6.04 Å². The van der Waals surface area contributed by atoms with E-state index in [1.807, 2.05) is 11.3 Å². The molecule has 0 bridgehead atoms. The van der Waals surface area contributed by atoms with Gasteiger partial charge >= 0.3 is 0 Å². The van der Waals surface area contributed by atoms with Crippen molar-refractivity contribution in [2.24, 2.45) is 5.10 Å². The van der Waals surface area contributed by atoms with E-state index in [0.717, 1.165) is 0 Å². The van der Waals surface area contributed by atoms with Crippen LogP contribution in [0.15, 0.2) is 5.10 Å². The molecule has 0 aromatic carbocycles. The summed E-state index contributed by atoms with van der Waals surface area (Å²) in [6.07, 6.45) is 18.6. The Morgan fingerprint density at radius 2 is 1.45 bits per heavy atom. The van der Waals surface area contributed by atoms with Gasteiger partial charge in [0.1, 0.15) is 6.34 Å². The Hall–Kier alpha value is -0.770. The van der Waals surface area contributed by atoms with Gasteiger partial charge in [-0.1, -0.05) is 77.6 Å². The van der Waals surface area contributed by atoms with Gasteiger partial charge in [0.2, 0.25) is 0 Å². The number of nitrogens with one attached hydrogen (secondary N) is 2. The minimum absolute atomic E-state index is 0.521. The number of hydrogen-bond acceptors (Lipinski definition) is 4. The summed E-state index contributed by atoms with van der Waals surface area (Å²) in [4.78, 5) is 0. The van der Waals surface area contributed by atoms with E-state index >= 15 is 0 Å². The molecule has 1 rings (SSSR count). The number of hydrazone groups is 1. The molecule has 0 aromatic rings. The summed E-state index contributed by atoms with van der Waals surface area (Å²) in [6, 6.07) is 0.521. The fourth-order valence-corrected chi connectivity index (χ4v) is 2.67. The zero-order valence-electron chi connectivity index (χ0n) is 13.5. The fourth-order valence-electron chi connectivity index (χ4n) is 2.67. The predicted octanol–water partition coefficient (Wildman–Crippen LogP) is 4.34. The highest BCUT2D eigenvalue weighted by molar-refractivity contribution is 5.55. The standard InChI is InChI=1S/C16H34N4/c1-3-4-5-6-7-8-9-10-11-12-13-14-16(2)20-15-17-18-19-20/h15-16,18-19H,3-14H2,1-2H3. The van der Waals surface area contributed by atoms with Gasteiger partial charge in [0, 0.05) is 6.04 Å². The Labute approximate surface area is 125 Å². The minimum Gasteiger partial charge on any atom is -0.275 e. The van der Waals surface area contributed by atoms with Crippen LogP contribution in [-0.4, -0.2) is 17.4 Å². The van der Waals surface area contributed by atoms with Crippen molar-refractivity contribution in [1.29, 1.82) is 0 Å². The quantitative estimate of drug-likeness (QED) is 0.493. The zero-order chi connectivity index (χ0) is 14.5. The smallest absolute Gasteiger partial charge is 0.128 e. The van der Waals surface area contributed by atoms with E-state index in [1.165, 1.54) is 77.0 Å². The Kier molecular flexibility index (Phi) is 10.4. The van der Waals surface area contributed by atoms with Crippen LogP contribution in [0.3, 0.4) is 0 Å². The van der Waals surface area contributed by atoms with Gasteiger partial charge in [-0.25, -0.2) is 5.53 Å². The summed E-state index contributed by atoms with van der Waals surface area (Å²) in [5.41, 5.74) is 5.75. The topological polar surface area (TPSA) is 39.7 Å². The molecule has 1 unspecified atom stereocenters. The van der Waals surface area contributed by atoms with E-state index in [-0.39, 0.29) is 0 Å². The van der Waals surface area contributed by atoms with Crippen molar-refractivity contribution in [3.8, 4) is 0 Å². The molecule has 1 heterocycles. The Bertz CT molecular complexity index is 243. The molecule has 0 spiro atoms. The first-order valence-corrected chi connectivity index (χ1v) is 8.66. The third-order valence-corrected chi connectivity index (χ3v) is 4.13. The van der Waals surface area contributed by atoms with Gasteiger partial charge in [0.15, 0.2) is 0 Å². The largest absolute Gasteiger partial charge is 0.275 e. The van der Waals surface area contributed by atoms with Crippen LogP contribution in [0.2, 0.25) is 0 Å². The summed E-state index contributed by atoms with van der Waals surface area (Å²) in [5, 5.41) is 5.97. The van der Waals surface area contributed by atoms with Gasteiger partial charge in [0.05, 0.1) is 0 Å². The molecule has 118 valence electrons. The number of unbranched alkanes of at least 4 members (excludes halogenated alkanes) is 10. The number of hydrogen-bond donors (Lipinski definition) is 2. The maximum atomic E-state index is 3.93. The molecule has 20 heavy (non-hydrogen) atoms. The highest BCUT2D eigenvalue weighted by Gasteiger charge is 2.12. The van der Waals surface area contributed by atoms with Crippen LogP contribution >= 0.6 is 0 Å². The van der Waals surface area contributed by atoms with Crippen LogP contribution in [0.25, 0.3) is 0 Å². The molecule has 2 N–H and O–H groups in total.